The number of hydrogen-bond acceptors (Lipinski definition) is 15. The molecule has 0 aromatic rings. The summed E-state index contributed by atoms with van der Waals surface area (Å²) in [5, 5.41) is 10.6. The second-order valence-electron chi connectivity index (χ2n) is 25.9. The number of allylic oxidation sites excluding steroid dienone is 22. The standard InChI is InChI=1S/C83H140O17P2/c1-5-9-13-17-21-25-29-33-35-37-38-40-41-45-48-52-56-60-64-68-81(86)94-74-79(100-83(88)70-66-62-58-54-50-46-42-39-36-34-30-26-22-18-14-10-6-2)76-98-102(91,92)96-72-77(84)71-95-101(89,90)97-75-78(99-82(87)69-65-61-57-53-49-44-32-28-24-20-16-12-8-4)73-93-80(85)67-63-59-55-51-47-43-31-27-23-19-15-11-7-3/h9-10,13-14,21-22,25-26,33-36,38,40,42,45-46,48,54,56,58,60,77-79,84H,5-8,11-12,15-20,23-24,27-32,37,39,41,43-44,47,49-53,55,57,59,61-76H2,1-4H3,(H,89,90)(H,91,92)/b13-9-,14-10-,25-21-,26-22-,35-33-,36-34-,40-38-,46-42-,48-45-,58-54-,60-56-. The molecule has 0 saturated carbocycles. The average Bonchev–Trinajstić information content (AvgIpc) is 0.923. The van der Waals surface area contributed by atoms with E-state index in [0.717, 1.165) is 109 Å². The lowest BCUT2D eigenvalue weighted by Gasteiger charge is -2.21. The molecule has 0 fully saturated rings. The second kappa shape index (κ2) is 74.5. The molecule has 0 aliphatic heterocycles. The van der Waals surface area contributed by atoms with Gasteiger partial charge < -0.3 is 33.8 Å². The van der Waals surface area contributed by atoms with Crippen LogP contribution in [0.15, 0.2) is 134 Å². The number of rotatable bonds is 73. The van der Waals surface area contributed by atoms with Gasteiger partial charge in [0.25, 0.3) is 0 Å². The molecule has 0 aromatic heterocycles. The summed E-state index contributed by atoms with van der Waals surface area (Å²) in [4.78, 5) is 72.9. The molecule has 0 heterocycles. The molecule has 0 bridgehead atoms. The Labute approximate surface area is 618 Å². The van der Waals surface area contributed by atoms with Crippen LogP contribution in [-0.4, -0.2) is 96.7 Å². The first-order valence-electron chi connectivity index (χ1n) is 39.4. The minimum absolute atomic E-state index is 0.00228. The molecule has 5 atom stereocenters. The third-order valence-corrected chi connectivity index (χ3v) is 18.1. The maximum absolute atomic E-state index is 13.1. The number of ether oxygens (including phenoxy) is 4. The SMILES string of the molecule is CC/C=C\C/C=C\C/C=C\C/C=C\C/C=C\C/C=C\CCC(=O)OCC(COP(=O)(O)OCC(O)COP(=O)(O)OCC(COC(=O)CCCCCCCCCCCCCCC)OC(=O)CCCCCCCCCCCCCCC)OC(=O)CCC/C=C\C/C=C\C/C=C\C/C=C\C/C=C\CC. The van der Waals surface area contributed by atoms with Crippen molar-refractivity contribution in [1.82, 2.24) is 0 Å². The molecule has 0 aliphatic carbocycles. The van der Waals surface area contributed by atoms with E-state index in [0.29, 0.717) is 38.5 Å². The summed E-state index contributed by atoms with van der Waals surface area (Å²) >= 11 is 0. The van der Waals surface area contributed by atoms with Crippen molar-refractivity contribution < 1.29 is 80.2 Å². The van der Waals surface area contributed by atoms with Crippen LogP contribution in [0.25, 0.3) is 0 Å². The Morgan fingerprint density at radius 1 is 0.284 bits per heavy atom. The maximum Gasteiger partial charge on any atom is 0.472 e. The number of phosphoric ester groups is 2. The monoisotopic (exact) mass is 1470 g/mol. The topological polar surface area (TPSA) is 237 Å². The summed E-state index contributed by atoms with van der Waals surface area (Å²) in [7, 11) is -9.99. The molecule has 584 valence electrons. The number of carbonyl (C=O) groups excluding carboxylic acids is 4. The molecular formula is C83H140O17P2. The summed E-state index contributed by atoms with van der Waals surface area (Å²) < 4.78 is 68.4. The highest BCUT2D eigenvalue weighted by molar-refractivity contribution is 7.47. The first kappa shape index (κ1) is 97.2. The minimum Gasteiger partial charge on any atom is -0.462 e. The Hall–Kier alpha value is -4.80. The van der Waals surface area contributed by atoms with Gasteiger partial charge in [-0.25, -0.2) is 9.13 Å². The lowest BCUT2D eigenvalue weighted by atomic mass is 10.0. The first-order chi connectivity index (χ1) is 49.7. The number of aliphatic hydroxyl groups is 1. The molecule has 102 heavy (non-hydrogen) atoms. The van der Waals surface area contributed by atoms with Crippen LogP contribution in [0, 0.1) is 0 Å². The van der Waals surface area contributed by atoms with E-state index >= 15 is 0 Å². The van der Waals surface area contributed by atoms with Crippen molar-refractivity contribution in [1.29, 1.82) is 0 Å². The van der Waals surface area contributed by atoms with Crippen LogP contribution in [0.2, 0.25) is 0 Å². The Morgan fingerprint density at radius 2 is 0.529 bits per heavy atom. The summed E-state index contributed by atoms with van der Waals surface area (Å²) in [6.07, 6.45) is 83.2. The number of hydrogen-bond donors (Lipinski definition) is 3. The van der Waals surface area contributed by atoms with E-state index in [4.69, 9.17) is 37.0 Å². The molecule has 0 spiro atoms. The highest BCUT2D eigenvalue weighted by Crippen LogP contribution is 2.45. The Balaban J connectivity index is 5.47. The van der Waals surface area contributed by atoms with Crippen molar-refractivity contribution in [2.24, 2.45) is 0 Å². The fourth-order valence-electron chi connectivity index (χ4n) is 10.2. The lowest BCUT2D eigenvalue weighted by Crippen LogP contribution is -2.30. The molecule has 0 amide bonds. The van der Waals surface area contributed by atoms with Gasteiger partial charge in [-0.05, 0) is 103 Å². The van der Waals surface area contributed by atoms with E-state index in [1.54, 1.807) is 0 Å². The summed E-state index contributed by atoms with van der Waals surface area (Å²) in [5.74, 6) is -2.33. The number of unbranched alkanes of at least 4 members (excludes halogenated alkanes) is 25. The minimum atomic E-state index is -5.01. The quantitative estimate of drug-likeness (QED) is 0.0169. The lowest BCUT2D eigenvalue weighted by molar-refractivity contribution is -0.161. The van der Waals surface area contributed by atoms with Crippen LogP contribution in [-0.2, 0) is 65.4 Å². The Morgan fingerprint density at radius 3 is 0.843 bits per heavy atom. The Kier molecular flexibility index (Phi) is 71.0. The van der Waals surface area contributed by atoms with Gasteiger partial charge >= 0.3 is 39.5 Å². The van der Waals surface area contributed by atoms with Gasteiger partial charge in [0.1, 0.15) is 19.3 Å². The van der Waals surface area contributed by atoms with E-state index in [9.17, 15) is 43.2 Å². The fourth-order valence-corrected chi connectivity index (χ4v) is 11.8. The largest absolute Gasteiger partial charge is 0.472 e. The second-order valence-corrected chi connectivity index (χ2v) is 28.8. The van der Waals surface area contributed by atoms with Crippen LogP contribution in [0.1, 0.15) is 310 Å². The molecule has 17 nitrogen and oxygen atoms in total. The van der Waals surface area contributed by atoms with Crippen molar-refractivity contribution in [3.63, 3.8) is 0 Å². The first-order valence-corrected chi connectivity index (χ1v) is 42.4. The van der Waals surface area contributed by atoms with Crippen LogP contribution in [0.4, 0.5) is 0 Å². The molecular weight excluding hydrogens is 1330 g/mol. The number of carbonyl (C=O) groups is 4. The number of phosphoric acid groups is 2. The summed E-state index contributed by atoms with van der Waals surface area (Å²) in [6.45, 7) is 4.51. The molecule has 0 rings (SSSR count). The van der Waals surface area contributed by atoms with Crippen LogP contribution in [0.5, 0.6) is 0 Å². The summed E-state index contributed by atoms with van der Waals surface area (Å²) in [6, 6.07) is 0. The van der Waals surface area contributed by atoms with Crippen molar-refractivity contribution in [2.45, 2.75) is 329 Å². The number of esters is 4. The smallest absolute Gasteiger partial charge is 0.462 e. The predicted octanol–water partition coefficient (Wildman–Crippen LogP) is 22.9. The average molecular weight is 1470 g/mol. The normalized spacial score (nSPS) is 14.6. The maximum atomic E-state index is 13.1. The van der Waals surface area contributed by atoms with Gasteiger partial charge in [0, 0.05) is 25.7 Å². The molecule has 0 aliphatic rings. The fraction of sp³-hybridized carbons (Fsp3) is 0.687. The zero-order chi connectivity index (χ0) is 74.6. The van der Waals surface area contributed by atoms with E-state index in [1.807, 2.05) is 30.4 Å². The highest BCUT2D eigenvalue weighted by atomic mass is 31.2. The van der Waals surface area contributed by atoms with Gasteiger partial charge in [-0.1, -0.05) is 315 Å². The van der Waals surface area contributed by atoms with Crippen molar-refractivity contribution in [3.8, 4) is 0 Å². The predicted molar refractivity (Wildman–Crippen MR) is 418 cm³/mol. The molecule has 19 heteroatoms. The van der Waals surface area contributed by atoms with Gasteiger partial charge in [-0.3, -0.25) is 37.3 Å². The van der Waals surface area contributed by atoms with Crippen LogP contribution in [0.3, 0.4) is 0 Å². The Bertz CT molecular complexity index is 2460. The van der Waals surface area contributed by atoms with E-state index in [-0.39, 0.29) is 25.7 Å². The third-order valence-electron chi connectivity index (χ3n) is 16.2. The zero-order valence-corrected chi connectivity index (χ0v) is 65.5. The van der Waals surface area contributed by atoms with Crippen molar-refractivity contribution >= 4 is 39.5 Å². The third kappa shape index (κ3) is 73.5. The van der Waals surface area contributed by atoms with Gasteiger partial charge in [-0.2, -0.15) is 0 Å². The van der Waals surface area contributed by atoms with Crippen LogP contribution < -0.4 is 0 Å². The van der Waals surface area contributed by atoms with Gasteiger partial charge in [0.15, 0.2) is 12.2 Å². The van der Waals surface area contributed by atoms with Gasteiger partial charge in [0.2, 0.25) is 0 Å². The van der Waals surface area contributed by atoms with E-state index < -0.39 is 97.5 Å². The molecule has 0 radical (unpaired) electrons. The number of aliphatic hydroxyl groups excluding tert-OH is 1. The van der Waals surface area contributed by atoms with E-state index in [1.165, 1.54) is 109 Å². The zero-order valence-electron chi connectivity index (χ0n) is 63.7. The van der Waals surface area contributed by atoms with Crippen LogP contribution >= 0.6 is 15.6 Å². The van der Waals surface area contributed by atoms with E-state index in [2.05, 4.69) is 131 Å². The van der Waals surface area contributed by atoms with Crippen molar-refractivity contribution in [2.75, 3.05) is 39.6 Å². The molecule has 3 N–H and O–H groups in total. The summed E-state index contributed by atoms with van der Waals surface area (Å²) in [5.41, 5.74) is 0. The molecule has 0 saturated heterocycles. The van der Waals surface area contributed by atoms with Gasteiger partial charge in [-0.15, -0.1) is 0 Å². The van der Waals surface area contributed by atoms with Gasteiger partial charge in [0.05, 0.1) is 26.4 Å². The van der Waals surface area contributed by atoms with Crippen molar-refractivity contribution in [3.05, 3.63) is 134 Å². The molecule has 0 aromatic carbocycles. The highest BCUT2D eigenvalue weighted by Gasteiger charge is 2.30. The molecule has 5 unspecified atom stereocenters.